The molecule has 114 valence electrons. The Labute approximate surface area is 130 Å². The number of hydrazone groups is 1. The van der Waals surface area contributed by atoms with Crippen molar-refractivity contribution in [1.82, 2.24) is 5.01 Å². The van der Waals surface area contributed by atoms with Gasteiger partial charge in [0.25, 0.3) is 5.91 Å². The van der Waals surface area contributed by atoms with Crippen LogP contribution in [0.4, 0.5) is 0 Å². The average Bonchev–Trinajstić information content (AvgIpc) is 2.76. The Morgan fingerprint density at radius 3 is 2.67 bits per heavy atom. The molecule has 1 N–H and O–H groups in total. The van der Waals surface area contributed by atoms with Crippen molar-refractivity contribution in [3.8, 4) is 0 Å². The summed E-state index contributed by atoms with van der Waals surface area (Å²) in [5, 5.41) is 17.1. The van der Waals surface area contributed by atoms with Gasteiger partial charge in [-0.1, -0.05) is 45.4 Å². The van der Waals surface area contributed by atoms with E-state index in [-0.39, 0.29) is 5.91 Å². The molecule has 1 heterocycles. The van der Waals surface area contributed by atoms with Crippen LogP contribution in [0.2, 0.25) is 5.02 Å². The van der Waals surface area contributed by atoms with E-state index in [0.717, 1.165) is 5.71 Å². The zero-order chi connectivity index (χ0) is 15.8. The van der Waals surface area contributed by atoms with Gasteiger partial charge in [-0.2, -0.15) is 10.1 Å². The summed E-state index contributed by atoms with van der Waals surface area (Å²) in [6, 6.07) is 6.69. The highest BCUT2D eigenvalue weighted by molar-refractivity contribution is 6.31. The Balaban J connectivity index is 2.43. The fourth-order valence-corrected chi connectivity index (χ4v) is 2.54. The third-order valence-corrected chi connectivity index (χ3v) is 4.15. The molecule has 1 amide bonds. The van der Waals surface area contributed by atoms with Crippen LogP contribution in [0.1, 0.15) is 50.9 Å². The first-order valence-electron chi connectivity index (χ1n) is 7.08. The molecule has 0 bridgehead atoms. The van der Waals surface area contributed by atoms with Crippen LogP contribution in [0.3, 0.4) is 0 Å². The van der Waals surface area contributed by atoms with Crippen molar-refractivity contribution in [2.24, 2.45) is 10.5 Å². The maximum Gasteiger partial charge on any atom is 0.276 e. The molecule has 0 saturated carbocycles. The van der Waals surface area contributed by atoms with Crippen LogP contribution in [0.15, 0.2) is 29.4 Å². The molecule has 4 nitrogen and oxygen atoms in total. The Hall–Kier alpha value is -1.39. The summed E-state index contributed by atoms with van der Waals surface area (Å²) in [5.74, 6) is -0.335. The maximum absolute atomic E-state index is 12.7. The molecule has 1 aliphatic rings. The van der Waals surface area contributed by atoms with Crippen molar-refractivity contribution in [1.29, 1.82) is 0 Å². The summed E-state index contributed by atoms with van der Waals surface area (Å²) in [6.45, 7) is 7.67. The molecule has 0 aliphatic carbocycles. The van der Waals surface area contributed by atoms with E-state index in [9.17, 15) is 9.90 Å². The number of hydrogen-bond acceptors (Lipinski definition) is 3. The Morgan fingerprint density at radius 1 is 1.48 bits per heavy atom. The van der Waals surface area contributed by atoms with Crippen molar-refractivity contribution in [2.45, 2.75) is 46.3 Å². The molecule has 0 saturated heterocycles. The number of carbonyl (C=O) groups excluding carboxylic acids is 1. The zero-order valence-electron chi connectivity index (χ0n) is 12.9. The monoisotopic (exact) mass is 308 g/mol. The van der Waals surface area contributed by atoms with E-state index < -0.39 is 11.1 Å². The van der Waals surface area contributed by atoms with Crippen LogP contribution in [0, 0.1) is 5.41 Å². The van der Waals surface area contributed by atoms with E-state index in [1.807, 2.05) is 27.7 Å². The van der Waals surface area contributed by atoms with E-state index in [1.165, 1.54) is 5.01 Å². The standard InChI is InChI=1S/C16H21ClN2O2/c1-5-13-10-16(21,15(2,3)4)19(18-13)14(20)11-7-6-8-12(17)9-11/h6-9,21H,5,10H2,1-4H3/t16-/m0/s1. The third-order valence-electron chi connectivity index (χ3n) is 3.92. The lowest BCUT2D eigenvalue weighted by molar-refractivity contribution is -0.143. The Bertz CT molecular complexity index is 592. The fourth-order valence-electron chi connectivity index (χ4n) is 2.35. The maximum atomic E-state index is 12.7. The highest BCUT2D eigenvalue weighted by Crippen LogP contribution is 2.41. The summed E-state index contributed by atoms with van der Waals surface area (Å²) in [6.07, 6.45) is 1.08. The molecule has 0 fully saturated rings. The highest BCUT2D eigenvalue weighted by Gasteiger charge is 2.52. The van der Waals surface area contributed by atoms with Crippen LogP contribution in [-0.4, -0.2) is 27.5 Å². The van der Waals surface area contributed by atoms with Gasteiger partial charge in [-0.05, 0) is 24.6 Å². The van der Waals surface area contributed by atoms with E-state index in [1.54, 1.807) is 24.3 Å². The van der Waals surface area contributed by atoms with Crippen molar-refractivity contribution >= 4 is 23.2 Å². The van der Waals surface area contributed by atoms with Gasteiger partial charge in [0.15, 0.2) is 5.72 Å². The zero-order valence-corrected chi connectivity index (χ0v) is 13.6. The number of rotatable bonds is 2. The van der Waals surface area contributed by atoms with E-state index in [4.69, 9.17) is 11.6 Å². The Kier molecular flexibility index (Phi) is 4.13. The SMILES string of the molecule is CCC1=NN(C(=O)c2cccc(Cl)c2)[C@@](O)(C(C)(C)C)C1. The summed E-state index contributed by atoms with van der Waals surface area (Å²) in [4.78, 5) is 12.7. The van der Waals surface area contributed by atoms with Gasteiger partial charge in [-0.25, -0.2) is 0 Å². The molecule has 1 aromatic carbocycles. The molecule has 0 radical (unpaired) electrons. The van der Waals surface area contributed by atoms with Crippen molar-refractivity contribution in [2.75, 3.05) is 0 Å². The normalized spacial score (nSPS) is 22.4. The van der Waals surface area contributed by atoms with Gasteiger partial charge in [0.1, 0.15) is 0 Å². The lowest BCUT2D eigenvalue weighted by Gasteiger charge is -2.41. The van der Waals surface area contributed by atoms with Gasteiger partial charge in [0, 0.05) is 28.1 Å². The molecule has 21 heavy (non-hydrogen) atoms. The molecule has 0 spiro atoms. The van der Waals surface area contributed by atoms with Gasteiger partial charge >= 0.3 is 0 Å². The number of amides is 1. The van der Waals surface area contributed by atoms with Crippen LogP contribution in [0.5, 0.6) is 0 Å². The molecule has 0 aromatic heterocycles. The largest absolute Gasteiger partial charge is 0.368 e. The van der Waals surface area contributed by atoms with Gasteiger partial charge < -0.3 is 5.11 Å². The summed E-state index contributed by atoms with van der Waals surface area (Å²) in [7, 11) is 0. The molecule has 1 aromatic rings. The van der Waals surface area contributed by atoms with Gasteiger partial charge in [0.2, 0.25) is 0 Å². The Morgan fingerprint density at radius 2 is 2.14 bits per heavy atom. The lowest BCUT2D eigenvalue weighted by atomic mass is 9.79. The second-order valence-corrected chi connectivity index (χ2v) is 6.83. The molecule has 0 unspecified atom stereocenters. The summed E-state index contributed by atoms with van der Waals surface area (Å²) < 4.78 is 0. The van der Waals surface area contributed by atoms with Crippen molar-refractivity contribution < 1.29 is 9.90 Å². The third kappa shape index (κ3) is 2.83. The summed E-state index contributed by atoms with van der Waals surface area (Å²) >= 11 is 5.94. The molecule has 5 heteroatoms. The van der Waals surface area contributed by atoms with E-state index >= 15 is 0 Å². The van der Waals surface area contributed by atoms with Crippen LogP contribution in [0.25, 0.3) is 0 Å². The fraction of sp³-hybridized carbons (Fsp3) is 0.500. The van der Waals surface area contributed by atoms with Crippen LogP contribution in [-0.2, 0) is 0 Å². The first-order chi connectivity index (χ1) is 9.69. The first-order valence-corrected chi connectivity index (χ1v) is 7.45. The topological polar surface area (TPSA) is 52.9 Å². The van der Waals surface area contributed by atoms with Crippen molar-refractivity contribution in [3.05, 3.63) is 34.9 Å². The first kappa shape index (κ1) is 16.0. The number of halogens is 1. The molecule has 1 atom stereocenters. The number of carbonyl (C=O) groups is 1. The smallest absolute Gasteiger partial charge is 0.276 e. The van der Waals surface area contributed by atoms with Gasteiger partial charge in [-0.3, -0.25) is 4.79 Å². The minimum atomic E-state index is -1.32. The lowest BCUT2D eigenvalue weighted by Crippen LogP contribution is -2.55. The summed E-state index contributed by atoms with van der Waals surface area (Å²) in [5.41, 5.74) is -0.589. The molecule has 2 rings (SSSR count). The van der Waals surface area contributed by atoms with Gasteiger partial charge in [-0.15, -0.1) is 0 Å². The van der Waals surface area contributed by atoms with Crippen LogP contribution >= 0.6 is 11.6 Å². The number of benzene rings is 1. The predicted molar refractivity (Wildman–Crippen MR) is 84.4 cm³/mol. The average molecular weight is 309 g/mol. The highest BCUT2D eigenvalue weighted by atomic mass is 35.5. The molecular formula is C16H21ClN2O2. The number of hydrogen-bond donors (Lipinski definition) is 1. The van der Waals surface area contributed by atoms with E-state index in [2.05, 4.69) is 5.10 Å². The predicted octanol–water partition coefficient (Wildman–Crippen LogP) is 3.69. The van der Waals surface area contributed by atoms with E-state index in [0.29, 0.717) is 23.4 Å². The molecule has 1 aliphatic heterocycles. The second-order valence-electron chi connectivity index (χ2n) is 6.39. The minimum absolute atomic E-state index is 0.335. The number of aliphatic hydroxyl groups is 1. The van der Waals surface area contributed by atoms with Crippen molar-refractivity contribution in [3.63, 3.8) is 0 Å². The number of nitrogens with zero attached hydrogens (tertiary/aromatic N) is 2. The second kappa shape index (κ2) is 5.43. The van der Waals surface area contributed by atoms with Gasteiger partial charge in [0.05, 0.1) is 0 Å². The quantitative estimate of drug-likeness (QED) is 0.906. The molecular weight excluding hydrogens is 288 g/mol. The minimum Gasteiger partial charge on any atom is -0.368 e. The van der Waals surface area contributed by atoms with Crippen LogP contribution < -0.4 is 0 Å².